The number of hydrogen-bond donors (Lipinski definition) is 1. The number of anilines is 2. The van der Waals surface area contributed by atoms with E-state index < -0.39 is 6.36 Å². The summed E-state index contributed by atoms with van der Waals surface area (Å²) in [5.74, 6) is 0.266. The summed E-state index contributed by atoms with van der Waals surface area (Å²) in [5, 5.41) is 5.19. The molecular weight excluding hydrogens is 341 g/mol. The van der Waals surface area contributed by atoms with Crippen LogP contribution in [0.2, 0.25) is 0 Å². The van der Waals surface area contributed by atoms with Crippen molar-refractivity contribution in [2.24, 2.45) is 0 Å². The molecule has 7 heteroatoms. The molecule has 0 radical (unpaired) electrons. The van der Waals surface area contributed by atoms with Crippen LogP contribution in [0.4, 0.5) is 24.7 Å². The molecule has 2 aromatic rings. The number of nitrogens with one attached hydrogen (secondary N) is 1. The monoisotopic (exact) mass is 356 g/mol. The van der Waals surface area contributed by atoms with Gasteiger partial charge in [-0.25, -0.2) is 4.98 Å². The topological polar surface area (TPSA) is 34.1 Å². The summed E-state index contributed by atoms with van der Waals surface area (Å²) in [7, 11) is 0. The maximum absolute atomic E-state index is 12.1. The van der Waals surface area contributed by atoms with E-state index >= 15 is 0 Å². The molecule has 2 rings (SSSR count). The Labute approximate surface area is 142 Å². The van der Waals surface area contributed by atoms with Crippen molar-refractivity contribution in [1.82, 2.24) is 4.98 Å². The molecule has 0 aliphatic rings. The van der Waals surface area contributed by atoms with Crippen LogP contribution in [0.15, 0.2) is 36.4 Å². The first-order chi connectivity index (χ1) is 11.3. The number of aromatic nitrogens is 1. The van der Waals surface area contributed by atoms with Crippen molar-refractivity contribution in [3.63, 3.8) is 0 Å². The molecule has 24 heavy (non-hydrogen) atoms. The number of rotatable bonds is 4. The summed E-state index contributed by atoms with van der Waals surface area (Å²) in [6, 6.07) is 9.09. The number of alkyl halides is 3. The van der Waals surface area contributed by atoms with Gasteiger partial charge in [-0.3, -0.25) is 0 Å². The average molecular weight is 357 g/mol. The van der Waals surface area contributed by atoms with Crippen molar-refractivity contribution in [3.05, 3.63) is 47.0 Å². The lowest BCUT2D eigenvalue weighted by Crippen LogP contribution is -2.29. The standard InChI is InChI=1S/C17H16ClF3N2O/c1-3-4-12-5-10-15(23-16(12)11(2)18)22-13-6-8-14(9-7-13)24-17(19,20)21/h4-10H,3H2,1-2H3,(H,22,23)/b12-4-,16-11-. The Morgan fingerprint density at radius 1 is 1.21 bits per heavy atom. The summed E-state index contributed by atoms with van der Waals surface area (Å²) in [5.41, 5.74) is 0.586. The molecule has 1 N–H and O–H groups in total. The highest BCUT2D eigenvalue weighted by molar-refractivity contribution is 6.44. The Bertz CT molecular complexity index is 813. The molecule has 0 aliphatic carbocycles. The maximum Gasteiger partial charge on any atom is 0.573 e. The van der Waals surface area contributed by atoms with Crippen LogP contribution in [0.25, 0.3) is 11.1 Å². The Hall–Kier alpha value is -2.21. The molecular formula is C17H16ClF3N2O. The Morgan fingerprint density at radius 2 is 1.88 bits per heavy atom. The minimum Gasteiger partial charge on any atom is -0.406 e. The Kier molecular flexibility index (Phi) is 5.72. The molecule has 3 nitrogen and oxygen atoms in total. The van der Waals surface area contributed by atoms with Gasteiger partial charge in [0.05, 0.1) is 5.35 Å². The number of benzene rings is 1. The predicted molar refractivity (Wildman–Crippen MR) is 89.6 cm³/mol. The van der Waals surface area contributed by atoms with Crippen LogP contribution in [0, 0.1) is 0 Å². The van der Waals surface area contributed by atoms with E-state index in [-0.39, 0.29) is 5.75 Å². The fourth-order valence-electron chi connectivity index (χ4n) is 2.09. The van der Waals surface area contributed by atoms with Gasteiger partial charge in [0.25, 0.3) is 0 Å². The third kappa shape index (κ3) is 5.16. The zero-order chi connectivity index (χ0) is 17.7. The molecule has 0 amide bonds. The smallest absolute Gasteiger partial charge is 0.406 e. The molecule has 0 unspecified atom stereocenters. The van der Waals surface area contributed by atoms with Crippen molar-refractivity contribution in [2.75, 3.05) is 5.32 Å². The van der Waals surface area contributed by atoms with Crippen LogP contribution in [-0.2, 0) is 0 Å². The minimum absolute atomic E-state index is 0.278. The summed E-state index contributed by atoms with van der Waals surface area (Å²) in [6.07, 6.45) is -1.84. The number of hydrogen-bond acceptors (Lipinski definition) is 3. The second kappa shape index (κ2) is 7.57. The van der Waals surface area contributed by atoms with Crippen molar-refractivity contribution in [2.45, 2.75) is 26.6 Å². The lowest BCUT2D eigenvalue weighted by Gasteiger charge is -2.10. The zero-order valence-corrected chi connectivity index (χ0v) is 13.9. The lowest BCUT2D eigenvalue weighted by molar-refractivity contribution is -0.274. The highest BCUT2D eigenvalue weighted by atomic mass is 35.5. The van der Waals surface area contributed by atoms with E-state index in [9.17, 15) is 13.2 Å². The van der Waals surface area contributed by atoms with Crippen LogP contribution in [-0.4, -0.2) is 11.3 Å². The van der Waals surface area contributed by atoms with E-state index in [1.807, 2.05) is 19.1 Å². The minimum atomic E-state index is -4.70. The molecule has 0 saturated carbocycles. The molecule has 0 aliphatic heterocycles. The first-order valence-electron chi connectivity index (χ1n) is 7.25. The molecule has 0 fully saturated rings. The molecule has 128 valence electrons. The second-order valence-corrected chi connectivity index (χ2v) is 5.54. The third-order valence-corrected chi connectivity index (χ3v) is 3.22. The number of halogens is 4. The van der Waals surface area contributed by atoms with E-state index in [1.54, 1.807) is 13.0 Å². The first-order valence-corrected chi connectivity index (χ1v) is 7.63. The van der Waals surface area contributed by atoms with Gasteiger partial charge in [-0.1, -0.05) is 24.6 Å². The van der Waals surface area contributed by atoms with Crippen LogP contribution in [0.5, 0.6) is 5.75 Å². The molecule has 0 bridgehead atoms. The second-order valence-electron chi connectivity index (χ2n) is 4.98. The van der Waals surface area contributed by atoms with Crippen molar-refractivity contribution in [1.29, 1.82) is 0 Å². The lowest BCUT2D eigenvalue weighted by atomic mass is 10.2. The Morgan fingerprint density at radius 3 is 2.42 bits per heavy atom. The number of pyridine rings is 1. The molecule has 1 aromatic carbocycles. The van der Waals surface area contributed by atoms with Gasteiger partial charge in [-0.2, -0.15) is 0 Å². The molecule has 1 aromatic heterocycles. The van der Waals surface area contributed by atoms with Crippen molar-refractivity contribution in [3.8, 4) is 5.75 Å². The van der Waals surface area contributed by atoms with Crippen LogP contribution >= 0.6 is 11.6 Å². The van der Waals surface area contributed by atoms with Crippen LogP contribution < -0.4 is 20.6 Å². The SMILES string of the molecule is CC/C=c1/ccc(Nc2ccc(OC(F)(F)F)cc2)n/c1=C(/C)Cl. The van der Waals surface area contributed by atoms with Gasteiger partial charge in [0.2, 0.25) is 0 Å². The summed E-state index contributed by atoms with van der Waals surface area (Å²) < 4.78 is 40.3. The fourth-order valence-corrected chi connectivity index (χ4v) is 2.24. The Balaban J connectivity index is 2.24. The van der Waals surface area contributed by atoms with E-state index in [2.05, 4.69) is 15.0 Å². The van der Waals surface area contributed by atoms with Gasteiger partial charge in [0.1, 0.15) is 11.6 Å². The van der Waals surface area contributed by atoms with Gasteiger partial charge in [0, 0.05) is 10.7 Å². The molecule has 0 spiro atoms. The van der Waals surface area contributed by atoms with E-state index in [0.717, 1.165) is 11.6 Å². The largest absolute Gasteiger partial charge is 0.573 e. The van der Waals surface area contributed by atoms with Crippen LogP contribution in [0.1, 0.15) is 20.3 Å². The van der Waals surface area contributed by atoms with Gasteiger partial charge >= 0.3 is 6.36 Å². The summed E-state index contributed by atoms with van der Waals surface area (Å²) >= 11 is 6.08. The first kappa shape index (κ1) is 18.1. The molecule has 0 atom stereocenters. The normalized spacial score (nSPS) is 13.7. The van der Waals surface area contributed by atoms with E-state index in [0.29, 0.717) is 21.9 Å². The fraction of sp³-hybridized carbons (Fsp3) is 0.235. The van der Waals surface area contributed by atoms with E-state index in [4.69, 9.17) is 11.6 Å². The molecule has 1 heterocycles. The maximum atomic E-state index is 12.1. The summed E-state index contributed by atoms with van der Waals surface area (Å²) in [4.78, 5) is 4.45. The zero-order valence-electron chi connectivity index (χ0n) is 13.1. The predicted octanol–water partition coefficient (Wildman–Crippen LogP) is 4.28. The third-order valence-electron chi connectivity index (χ3n) is 3.04. The van der Waals surface area contributed by atoms with Crippen molar-refractivity contribution < 1.29 is 17.9 Å². The van der Waals surface area contributed by atoms with Gasteiger partial charge < -0.3 is 10.1 Å². The highest BCUT2D eigenvalue weighted by Crippen LogP contribution is 2.24. The summed E-state index contributed by atoms with van der Waals surface area (Å²) in [6.45, 7) is 3.77. The van der Waals surface area contributed by atoms with Crippen LogP contribution in [0.3, 0.4) is 0 Å². The van der Waals surface area contributed by atoms with Gasteiger partial charge in [-0.15, -0.1) is 13.2 Å². The quantitative estimate of drug-likeness (QED) is 0.887. The number of ether oxygens (including phenoxy) is 1. The average Bonchev–Trinajstić information content (AvgIpc) is 2.49. The van der Waals surface area contributed by atoms with Gasteiger partial charge in [0.15, 0.2) is 0 Å². The van der Waals surface area contributed by atoms with Crippen molar-refractivity contribution >= 4 is 34.2 Å². The highest BCUT2D eigenvalue weighted by Gasteiger charge is 2.30. The molecule has 0 saturated heterocycles. The van der Waals surface area contributed by atoms with E-state index in [1.165, 1.54) is 24.3 Å². The number of nitrogens with zero attached hydrogens (tertiary/aromatic N) is 1. The van der Waals surface area contributed by atoms with Gasteiger partial charge in [-0.05, 0) is 55.0 Å².